The van der Waals surface area contributed by atoms with Crippen LogP contribution in [-0.2, 0) is 0 Å². The number of ketones is 1. The molecule has 6 heteroatoms. The predicted molar refractivity (Wildman–Crippen MR) is 57.3 cm³/mol. The number of alkyl halides is 1. The highest BCUT2D eigenvalue weighted by Crippen LogP contribution is 2.29. The molecule has 0 aliphatic carbocycles. The Morgan fingerprint density at radius 1 is 1.60 bits per heavy atom. The van der Waals surface area contributed by atoms with Gasteiger partial charge < -0.3 is 5.73 Å². The Kier molecular flexibility index (Phi) is 3.26. The topological polar surface area (TPSA) is 86.2 Å². The third kappa shape index (κ3) is 2.07. The number of benzene rings is 1. The fourth-order valence-corrected chi connectivity index (χ4v) is 1.46. The van der Waals surface area contributed by atoms with Crippen LogP contribution in [0.4, 0.5) is 11.4 Å². The number of nitro benzene ring substituents is 1. The molecule has 5 nitrogen and oxygen atoms in total. The van der Waals surface area contributed by atoms with Crippen molar-refractivity contribution in [2.75, 3.05) is 11.6 Å². The number of anilines is 1. The van der Waals surface area contributed by atoms with Gasteiger partial charge in [-0.25, -0.2) is 0 Å². The maximum atomic E-state index is 11.4. The molecule has 0 fully saturated rings. The standard InChI is InChI=1S/C9H9ClN2O3/c1-5-2-3-6(11)9(12(14)15)8(5)7(13)4-10/h2-3H,4,11H2,1H3. The van der Waals surface area contributed by atoms with Gasteiger partial charge in [0.25, 0.3) is 0 Å². The van der Waals surface area contributed by atoms with Crippen LogP contribution in [0.2, 0.25) is 0 Å². The van der Waals surface area contributed by atoms with E-state index in [0.717, 1.165) is 0 Å². The molecule has 0 aliphatic heterocycles. The van der Waals surface area contributed by atoms with Gasteiger partial charge in [0.1, 0.15) is 11.3 Å². The van der Waals surface area contributed by atoms with Crippen molar-refractivity contribution in [3.05, 3.63) is 33.4 Å². The highest BCUT2D eigenvalue weighted by atomic mass is 35.5. The van der Waals surface area contributed by atoms with E-state index in [9.17, 15) is 14.9 Å². The van der Waals surface area contributed by atoms with Gasteiger partial charge in [-0.05, 0) is 18.6 Å². The number of carbonyl (C=O) groups excluding carboxylic acids is 1. The van der Waals surface area contributed by atoms with Crippen LogP contribution in [-0.4, -0.2) is 16.6 Å². The second-order valence-electron chi connectivity index (χ2n) is 3.01. The molecule has 0 spiro atoms. The molecule has 0 aliphatic rings. The lowest BCUT2D eigenvalue weighted by Crippen LogP contribution is -2.09. The molecule has 0 bridgehead atoms. The molecule has 2 N–H and O–H groups in total. The summed E-state index contributed by atoms with van der Waals surface area (Å²) in [6.45, 7) is 1.60. The maximum Gasteiger partial charge on any atom is 0.303 e. The van der Waals surface area contributed by atoms with E-state index in [1.165, 1.54) is 6.07 Å². The minimum atomic E-state index is -0.665. The number of hydrogen-bond donors (Lipinski definition) is 1. The van der Waals surface area contributed by atoms with Gasteiger partial charge in [-0.15, -0.1) is 11.6 Å². The van der Waals surface area contributed by atoms with Gasteiger partial charge in [0.05, 0.1) is 10.8 Å². The zero-order chi connectivity index (χ0) is 11.6. The van der Waals surface area contributed by atoms with Crippen LogP contribution < -0.4 is 5.73 Å². The van der Waals surface area contributed by atoms with Crippen LogP contribution >= 0.6 is 11.6 Å². The maximum absolute atomic E-state index is 11.4. The van der Waals surface area contributed by atoms with E-state index in [1.807, 2.05) is 0 Å². The largest absolute Gasteiger partial charge is 0.393 e. The minimum Gasteiger partial charge on any atom is -0.393 e. The Hall–Kier alpha value is -1.62. The molecule has 15 heavy (non-hydrogen) atoms. The SMILES string of the molecule is Cc1ccc(N)c([N+](=O)[O-])c1C(=O)CCl. The minimum absolute atomic E-state index is 0.00463. The molecule has 1 rings (SSSR count). The lowest BCUT2D eigenvalue weighted by Gasteiger charge is -2.05. The summed E-state index contributed by atoms with van der Waals surface area (Å²) in [4.78, 5) is 21.5. The van der Waals surface area contributed by atoms with Gasteiger partial charge in [-0.1, -0.05) is 6.07 Å². The summed E-state index contributed by atoms with van der Waals surface area (Å²) in [5.74, 6) is -0.793. The van der Waals surface area contributed by atoms with Gasteiger partial charge >= 0.3 is 5.69 Å². The fraction of sp³-hybridized carbons (Fsp3) is 0.222. The first-order chi connectivity index (χ1) is 6.99. The number of rotatable bonds is 3. The van der Waals surface area contributed by atoms with Crippen LogP contribution in [0.3, 0.4) is 0 Å². The van der Waals surface area contributed by atoms with Crippen molar-refractivity contribution in [3.63, 3.8) is 0 Å². The third-order valence-corrected chi connectivity index (χ3v) is 2.24. The van der Waals surface area contributed by atoms with Gasteiger partial charge in [0.15, 0.2) is 5.78 Å². The molecule has 0 aromatic heterocycles. The number of nitro groups is 1. The van der Waals surface area contributed by atoms with Crippen molar-refractivity contribution in [2.24, 2.45) is 0 Å². The van der Waals surface area contributed by atoms with Crippen molar-refractivity contribution < 1.29 is 9.72 Å². The second-order valence-corrected chi connectivity index (χ2v) is 3.28. The van der Waals surface area contributed by atoms with E-state index in [-0.39, 0.29) is 22.8 Å². The van der Waals surface area contributed by atoms with Crippen molar-refractivity contribution in [3.8, 4) is 0 Å². The molecule has 0 saturated heterocycles. The van der Waals surface area contributed by atoms with E-state index >= 15 is 0 Å². The predicted octanol–water partition coefficient (Wildman–Crippen LogP) is 1.91. The number of Topliss-reactive ketones (excluding diaryl/α,β-unsaturated/α-hetero) is 1. The molecule has 0 amide bonds. The van der Waals surface area contributed by atoms with Crippen molar-refractivity contribution >= 4 is 28.8 Å². The Bertz CT molecular complexity index is 432. The number of carbonyl (C=O) groups is 1. The Morgan fingerprint density at radius 3 is 2.67 bits per heavy atom. The molecule has 1 aromatic rings. The molecular formula is C9H9ClN2O3. The molecule has 1 aromatic carbocycles. The van der Waals surface area contributed by atoms with Crippen LogP contribution in [0.5, 0.6) is 0 Å². The molecule has 80 valence electrons. The van der Waals surface area contributed by atoms with Crippen LogP contribution in [0.1, 0.15) is 15.9 Å². The number of nitrogens with zero attached hydrogens (tertiary/aromatic N) is 1. The van der Waals surface area contributed by atoms with E-state index < -0.39 is 10.7 Å². The summed E-state index contributed by atoms with van der Waals surface area (Å²) in [7, 11) is 0. The van der Waals surface area contributed by atoms with E-state index in [2.05, 4.69) is 0 Å². The third-order valence-electron chi connectivity index (χ3n) is 2.00. The summed E-state index contributed by atoms with van der Waals surface area (Å²) in [5, 5.41) is 10.7. The summed E-state index contributed by atoms with van der Waals surface area (Å²) in [6, 6.07) is 2.96. The van der Waals surface area contributed by atoms with Crippen LogP contribution in [0, 0.1) is 17.0 Å². The number of halogens is 1. The van der Waals surface area contributed by atoms with E-state index in [1.54, 1.807) is 13.0 Å². The van der Waals surface area contributed by atoms with Crippen LogP contribution in [0.25, 0.3) is 0 Å². The molecule has 0 unspecified atom stereocenters. The summed E-state index contributed by atoms with van der Waals surface area (Å²) < 4.78 is 0. The Balaban J connectivity index is 3.52. The summed E-state index contributed by atoms with van der Waals surface area (Å²) >= 11 is 5.37. The lowest BCUT2D eigenvalue weighted by molar-refractivity contribution is -0.384. The van der Waals surface area contributed by atoms with Gasteiger partial charge in [0.2, 0.25) is 0 Å². The number of hydrogen-bond acceptors (Lipinski definition) is 4. The fourth-order valence-electron chi connectivity index (χ4n) is 1.32. The first kappa shape index (κ1) is 11.5. The van der Waals surface area contributed by atoms with Crippen molar-refractivity contribution in [2.45, 2.75) is 6.92 Å². The van der Waals surface area contributed by atoms with E-state index in [4.69, 9.17) is 17.3 Å². The average molecular weight is 229 g/mol. The Morgan fingerprint density at radius 2 is 2.20 bits per heavy atom. The first-order valence-electron chi connectivity index (χ1n) is 4.11. The van der Waals surface area contributed by atoms with Gasteiger partial charge in [-0.2, -0.15) is 0 Å². The van der Waals surface area contributed by atoms with Crippen molar-refractivity contribution in [1.29, 1.82) is 0 Å². The highest BCUT2D eigenvalue weighted by Gasteiger charge is 2.24. The molecule has 0 atom stereocenters. The lowest BCUT2D eigenvalue weighted by atomic mass is 10.0. The Labute approximate surface area is 91.0 Å². The first-order valence-corrected chi connectivity index (χ1v) is 4.65. The zero-order valence-corrected chi connectivity index (χ0v) is 8.75. The quantitative estimate of drug-likeness (QED) is 0.281. The van der Waals surface area contributed by atoms with E-state index in [0.29, 0.717) is 5.56 Å². The smallest absolute Gasteiger partial charge is 0.303 e. The highest BCUT2D eigenvalue weighted by molar-refractivity contribution is 6.31. The summed E-state index contributed by atoms with van der Waals surface area (Å²) in [5.41, 5.74) is 5.55. The molecule has 0 saturated carbocycles. The zero-order valence-electron chi connectivity index (χ0n) is 7.99. The monoisotopic (exact) mass is 228 g/mol. The summed E-state index contributed by atoms with van der Waals surface area (Å²) in [6.07, 6.45) is 0. The molecule has 0 heterocycles. The number of aryl methyl sites for hydroxylation is 1. The van der Waals surface area contributed by atoms with Crippen LogP contribution in [0.15, 0.2) is 12.1 Å². The van der Waals surface area contributed by atoms with Gasteiger partial charge in [0, 0.05) is 0 Å². The number of nitrogens with two attached hydrogens (primary N) is 1. The van der Waals surface area contributed by atoms with Gasteiger partial charge in [-0.3, -0.25) is 14.9 Å². The van der Waals surface area contributed by atoms with Crippen molar-refractivity contribution in [1.82, 2.24) is 0 Å². The second kappa shape index (κ2) is 4.27. The number of nitrogen functional groups attached to an aromatic ring is 1. The molecular weight excluding hydrogens is 220 g/mol. The normalized spacial score (nSPS) is 10.0. The molecule has 0 radical (unpaired) electrons. The average Bonchev–Trinajstić information content (AvgIpc) is 2.19.